The molecule has 0 spiro atoms. The lowest BCUT2D eigenvalue weighted by Crippen LogP contribution is -2.12. The second-order valence-corrected chi connectivity index (χ2v) is 4.61. The van der Waals surface area contributed by atoms with E-state index < -0.39 is 0 Å². The molecular formula is C16H17N3O2. The Kier molecular flexibility index (Phi) is 5.29. The lowest BCUT2D eigenvalue weighted by Gasteiger charge is -2.07. The summed E-state index contributed by atoms with van der Waals surface area (Å²) in [6.45, 7) is 0.623. The van der Waals surface area contributed by atoms with Crippen LogP contribution in [0.25, 0.3) is 0 Å². The molecule has 1 aromatic carbocycles. The molecule has 1 heterocycles. The van der Waals surface area contributed by atoms with Crippen molar-refractivity contribution in [1.82, 2.24) is 15.3 Å². The predicted molar refractivity (Wildman–Crippen MR) is 79.1 cm³/mol. The first kappa shape index (κ1) is 15.0. The van der Waals surface area contributed by atoms with Gasteiger partial charge in [0.05, 0.1) is 0 Å². The Hall–Kier alpha value is -2.40. The number of aromatic nitrogens is 2. The Bertz CT molecular complexity index is 626. The molecule has 0 amide bonds. The van der Waals surface area contributed by atoms with Gasteiger partial charge in [0.25, 0.3) is 0 Å². The summed E-state index contributed by atoms with van der Waals surface area (Å²) >= 11 is 0. The first-order chi connectivity index (χ1) is 10.2. The number of hydrogen-bond acceptors (Lipinski definition) is 5. The van der Waals surface area contributed by atoms with Crippen LogP contribution in [0.4, 0.5) is 0 Å². The maximum Gasteiger partial charge on any atom is 0.200 e. The minimum atomic E-state index is -0.213. The Morgan fingerprint density at radius 3 is 2.38 bits per heavy atom. The third-order valence-electron chi connectivity index (χ3n) is 3.08. The van der Waals surface area contributed by atoms with Crippen LogP contribution in [0.1, 0.15) is 39.4 Å². The van der Waals surface area contributed by atoms with Crippen molar-refractivity contribution in [2.45, 2.75) is 19.4 Å². The fourth-order valence-corrected chi connectivity index (χ4v) is 2.05. The first-order valence-electron chi connectivity index (χ1n) is 6.78. The number of rotatable bonds is 7. The van der Waals surface area contributed by atoms with Gasteiger partial charge in [-0.1, -0.05) is 24.3 Å². The standard InChI is InChI=1S/C16H17N3O2/c1-17-11-12-5-2-3-6-13(12)14(20)7-8-15(21)16-18-9-4-10-19-16/h2-6,9-10,17H,7-8,11H2,1H3. The van der Waals surface area contributed by atoms with Crippen molar-refractivity contribution in [3.63, 3.8) is 0 Å². The fraction of sp³-hybridized carbons (Fsp3) is 0.250. The molecule has 5 heteroatoms. The Labute approximate surface area is 123 Å². The molecule has 2 aromatic rings. The second kappa shape index (κ2) is 7.40. The highest BCUT2D eigenvalue weighted by atomic mass is 16.1. The second-order valence-electron chi connectivity index (χ2n) is 4.61. The number of carbonyl (C=O) groups is 2. The largest absolute Gasteiger partial charge is 0.316 e. The summed E-state index contributed by atoms with van der Waals surface area (Å²) in [6, 6.07) is 9.07. The molecule has 0 aliphatic carbocycles. The van der Waals surface area contributed by atoms with Gasteiger partial charge in [-0.15, -0.1) is 0 Å². The molecule has 0 bridgehead atoms. The van der Waals surface area contributed by atoms with Crippen molar-refractivity contribution < 1.29 is 9.59 Å². The molecule has 0 radical (unpaired) electrons. The van der Waals surface area contributed by atoms with Gasteiger partial charge in [-0.3, -0.25) is 9.59 Å². The number of Topliss-reactive ketones (excluding diaryl/α,β-unsaturated/α-hetero) is 2. The Morgan fingerprint density at radius 2 is 1.67 bits per heavy atom. The van der Waals surface area contributed by atoms with Crippen LogP contribution < -0.4 is 5.32 Å². The van der Waals surface area contributed by atoms with Crippen LogP contribution in [0.2, 0.25) is 0 Å². The zero-order valence-electron chi connectivity index (χ0n) is 11.9. The lowest BCUT2D eigenvalue weighted by molar-refractivity contribution is 0.0911. The number of hydrogen-bond donors (Lipinski definition) is 1. The van der Waals surface area contributed by atoms with Crippen molar-refractivity contribution >= 4 is 11.6 Å². The first-order valence-corrected chi connectivity index (χ1v) is 6.78. The number of ketones is 2. The summed E-state index contributed by atoms with van der Waals surface area (Å²) < 4.78 is 0. The van der Waals surface area contributed by atoms with Crippen molar-refractivity contribution in [2.75, 3.05) is 7.05 Å². The molecule has 0 aliphatic heterocycles. The summed E-state index contributed by atoms with van der Waals surface area (Å²) in [4.78, 5) is 31.9. The van der Waals surface area contributed by atoms with E-state index in [4.69, 9.17) is 0 Å². The number of nitrogens with zero attached hydrogens (tertiary/aromatic N) is 2. The minimum absolute atomic E-state index is 0.0369. The fourth-order valence-electron chi connectivity index (χ4n) is 2.05. The lowest BCUT2D eigenvalue weighted by atomic mass is 9.99. The third kappa shape index (κ3) is 4.03. The normalized spacial score (nSPS) is 10.3. The summed E-state index contributed by atoms with van der Waals surface area (Å²) in [6.07, 6.45) is 3.32. The highest BCUT2D eigenvalue weighted by molar-refractivity contribution is 6.01. The topological polar surface area (TPSA) is 72.0 Å². The smallest absolute Gasteiger partial charge is 0.200 e. The molecule has 21 heavy (non-hydrogen) atoms. The van der Waals surface area contributed by atoms with Gasteiger partial charge in [-0.2, -0.15) is 0 Å². The molecule has 2 rings (SSSR count). The van der Waals surface area contributed by atoms with E-state index in [1.165, 1.54) is 12.4 Å². The van der Waals surface area contributed by atoms with E-state index in [2.05, 4.69) is 15.3 Å². The van der Waals surface area contributed by atoms with E-state index in [0.29, 0.717) is 12.1 Å². The average molecular weight is 283 g/mol. The van der Waals surface area contributed by atoms with Gasteiger partial charge in [-0.25, -0.2) is 9.97 Å². The molecule has 0 saturated carbocycles. The summed E-state index contributed by atoms with van der Waals surface area (Å²) in [5, 5.41) is 3.03. The van der Waals surface area contributed by atoms with Crippen molar-refractivity contribution in [3.8, 4) is 0 Å². The molecule has 1 N–H and O–H groups in total. The van der Waals surface area contributed by atoms with Crippen molar-refractivity contribution in [1.29, 1.82) is 0 Å². The van der Waals surface area contributed by atoms with E-state index in [1.807, 2.05) is 25.2 Å². The van der Waals surface area contributed by atoms with E-state index >= 15 is 0 Å². The molecule has 1 aromatic heterocycles. The third-order valence-corrected chi connectivity index (χ3v) is 3.08. The molecule has 5 nitrogen and oxygen atoms in total. The molecule has 0 aliphatic rings. The SMILES string of the molecule is CNCc1ccccc1C(=O)CCC(=O)c1ncccn1. The highest BCUT2D eigenvalue weighted by Crippen LogP contribution is 2.13. The van der Waals surface area contributed by atoms with Crippen LogP contribution in [-0.4, -0.2) is 28.6 Å². The van der Waals surface area contributed by atoms with Gasteiger partial charge in [0.1, 0.15) is 0 Å². The van der Waals surface area contributed by atoms with Crippen LogP contribution in [0.3, 0.4) is 0 Å². The molecule has 108 valence electrons. The van der Waals surface area contributed by atoms with E-state index in [-0.39, 0.29) is 30.2 Å². The van der Waals surface area contributed by atoms with E-state index in [1.54, 1.807) is 12.1 Å². The Balaban J connectivity index is 2.01. The van der Waals surface area contributed by atoms with Gasteiger partial charge in [0.2, 0.25) is 0 Å². The van der Waals surface area contributed by atoms with Crippen LogP contribution in [0, 0.1) is 0 Å². The van der Waals surface area contributed by atoms with Crippen LogP contribution in [-0.2, 0) is 6.54 Å². The highest BCUT2D eigenvalue weighted by Gasteiger charge is 2.14. The Morgan fingerprint density at radius 1 is 1.00 bits per heavy atom. The average Bonchev–Trinajstić information content (AvgIpc) is 2.54. The number of benzene rings is 1. The summed E-state index contributed by atoms with van der Waals surface area (Å²) in [5.74, 6) is -0.0889. The molecule has 0 atom stereocenters. The zero-order valence-corrected chi connectivity index (χ0v) is 11.9. The summed E-state index contributed by atoms with van der Waals surface area (Å²) in [7, 11) is 1.83. The number of nitrogens with one attached hydrogen (secondary N) is 1. The molecule has 0 fully saturated rings. The van der Waals surface area contributed by atoms with Gasteiger partial charge in [0.15, 0.2) is 17.4 Å². The molecule has 0 saturated heterocycles. The van der Waals surface area contributed by atoms with Gasteiger partial charge in [0, 0.05) is 37.3 Å². The predicted octanol–water partition coefficient (Wildman–Crippen LogP) is 2.04. The van der Waals surface area contributed by atoms with Crippen LogP contribution in [0.5, 0.6) is 0 Å². The molecular weight excluding hydrogens is 266 g/mol. The van der Waals surface area contributed by atoms with E-state index in [0.717, 1.165) is 5.56 Å². The quantitative estimate of drug-likeness (QED) is 0.787. The van der Waals surface area contributed by atoms with Crippen LogP contribution in [0.15, 0.2) is 42.7 Å². The van der Waals surface area contributed by atoms with Crippen LogP contribution >= 0.6 is 0 Å². The maximum absolute atomic E-state index is 12.3. The van der Waals surface area contributed by atoms with Gasteiger partial charge in [-0.05, 0) is 18.7 Å². The molecule has 0 unspecified atom stereocenters. The minimum Gasteiger partial charge on any atom is -0.316 e. The van der Waals surface area contributed by atoms with E-state index in [9.17, 15) is 9.59 Å². The summed E-state index contributed by atoms with van der Waals surface area (Å²) in [5.41, 5.74) is 1.60. The van der Waals surface area contributed by atoms with Gasteiger partial charge >= 0.3 is 0 Å². The van der Waals surface area contributed by atoms with Crippen molar-refractivity contribution in [3.05, 3.63) is 59.7 Å². The monoisotopic (exact) mass is 283 g/mol. The number of carbonyl (C=O) groups excluding carboxylic acids is 2. The van der Waals surface area contributed by atoms with Gasteiger partial charge < -0.3 is 5.32 Å². The zero-order chi connectivity index (χ0) is 15.1. The van der Waals surface area contributed by atoms with Crippen molar-refractivity contribution in [2.24, 2.45) is 0 Å². The maximum atomic E-state index is 12.3.